The van der Waals surface area contributed by atoms with E-state index in [4.69, 9.17) is 5.26 Å². The fraction of sp³-hybridized carbons (Fsp3) is 0.533. The molecule has 108 valence electrons. The Labute approximate surface area is 116 Å². The number of hydrogen-bond acceptors (Lipinski definition) is 2. The van der Waals surface area contributed by atoms with E-state index >= 15 is 0 Å². The number of alkyl halides is 3. The van der Waals surface area contributed by atoms with E-state index in [-0.39, 0.29) is 5.56 Å². The Bertz CT molecular complexity index is 513. The highest BCUT2D eigenvalue weighted by molar-refractivity contribution is 5.55. The third-order valence-electron chi connectivity index (χ3n) is 3.46. The van der Waals surface area contributed by atoms with Crippen molar-refractivity contribution in [2.45, 2.75) is 32.4 Å². The zero-order chi connectivity index (χ0) is 14.8. The Morgan fingerprint density at radius 1 is 1.35 bits per heavy atom. The van der Waals surface area contributed by atoms with Gasteiger partial charge in [0.2, 0.25) is 0 Å². The highest BCUT2D eigenvalue weighted by atomic mass is 19.4. The Kier molecular flexibility index (Phi) is 4.22. The van der Waals surface area contributed by atoms with E-state index in [0.717, 1.165) is 38.4 Å². The summed E-state index contributed by atoms with van der Waals surface area (Å²) in [5, 5.41) is 8.81. The quantitative estimate of drug-likeness (QED) is 0.809. The van der Waals surface area contributed by atoms with Crippen LogP contribution in [0.3, 0.4) is 0 Å². The molecule has 0 aromatic heterocycles. The molecular weight excluding hydrogens is 265 g/mol. The predicted molar refractivity (Wildman–Crippen MR) is 71.4 cm³/mol. The number of nitriles is 1. The molecule has 0 amide bonds. The molecule has 0 N–H and O–H groups in total. The normalized spacial score (nSPS) is 14.9. The minimum Gasteiger partial charge on any atom is -0.371 e. The van der Waals surface area contributed by atoms with E-state index in [0.29, 0.717) is 11.6 Å². The topological polar surface area (TPSA) is 27.0 Å². The maximum Gasteiger partial charge on any atom is 0.417 e. The van der Waals surface area contributed by atoms with Crippen LogP contribution in [0.1, 0.15) is 37.3 Å². The van der Waals surface area contributed by atoms with Gasteiger partial charge in [0.25, 0.3) is 0 Å². The monoisotopic (exact) mass is 282 g/mol. The van der Waals surface area contributed by atoms with E-state index in [2.05, 4.69) is 0 Å². The van der Waals surface area contributed by atoms with Crippen molar-refractivity contribution in [3.05, 3.63) is 29.3 Å². The minimum absolute atomic E-state index is 0.316. The molecule has 0 unspecified atom stereocenters. The van der Waals surface area contributed by atoms with Crippen LogP contribution in [0, 0.1) is 17.2 Å². The lowest BCUT2D eigenvalue weighted by Gasteiger charge is -2.25. The van der Waals surface area contributed by atoms with E-state index in [1.54, 1.807) is 12.1 Å². The maximum absolute atomic E-state index is 13.0. The molecule has 0 aliphatic heterocycles. The molecule has 0 heterocycles. The van der Waals surface area contributed by atoms with Gasteiger partial charge in [-0.05, 0) is 43.4 Å². The first-order valence-electron chi connectivity index (χ1n) is 6.82. The number of rotatable bonds is 5. The van der Waals surface area contributed by atoms with Gasteiger partial charge in [-0.3, -0.25) is 0 Å². The van der Waals surface area contributed by atoms with Gasteiger partial charge < -0.3 is 4.90 Å². The zero-order valence-electron chi connectivity index (χ0n) is 11.4. The van der Waals surface area contributed by atoms with E-state index < -0.39 is 11.7 Å². The summed E-state index contributed by atoms with van der Waals surface area (Å²) in [5.74, 6) is 0.603. The maximum atomic E-state index is 13.0. The van der Waals surface area contributed by atoms with Crippen molar-refractivity contribution in [1.82, 2.24) is 0 Å². The number of anilines is 1. The predicted octanol–water partition coefficient (Wildman–Crippen LogP) is 4.20. The van der Waals surface area contributed by atoms with Crippen LogP contribution >= 0.6 is 0 Å². The van der Waals surface area contributed by atoms with Crippen molar-refractivity contribution in [2.24, 2.45) is 5.92 Å². The van der Waals surface area contributed by atoms with Crippen molar-refractivity contribution in [2.75, 3.05) is 18.0 Å². The summed E-state index contributed by atoms with van der Waals surface area (Å²) < 4.78 is 38.9. The average Bonchev–Trinajstić information content (AvgIpc) is 3.20. The number of benzene rings is 1. The van der Waals surface area contributed by atoms with Gasteiger partial charge in [0, 0.05) is 18.8 Å². The first kappa shape index (κ1) is 14.7. The highest BCUT2D eigenvalue weighted by Gasteiger charge is 2.34. The number of hydrogen-bond donors (Lipinski definition) is 0. The molecule has 1 aliphatic rings. The van der Waals surface area contributed by atoms with Crippen LogP contribution in [-0.4, -0.2) is 13.1 Å². The van der Waals surface area contributed by atoms with Crippen LogP contribution in [0.4, 0.5) is 18.9 Å². The zero-order valence-corrected chi connectivity index (χ0v) is 11.4. The van der Waals surface area contributed by atoms with Gasteiger partial charge in [-0.25, -0.2) is 0 Å². The molecule has 20 heavy (non-hydrogen) atoms. The molecule has 1 aromatic rings. The standard InChI is InChI=1S/C15H17F3N2/c1-2-7-20(10-11-3-4-11)13-6-5-12(9-19)14(8-13)15(16,17)18/h5-6,8,11H,2-4,7,10H2,1H3. The summed E-state index contributed by atoms with van der Waals surface area (Å²) >= 11 is 0. The SMILES string of the molecule is CCCN(CC1CC1)c1ccc(C#N)c(C(F)(F)F)c1. The first-order chi connectivity index (χ1) is 9.45. The van der Waals surface area contributed by atoms with Gasteiger partial charge in [0.1, 0.15) is 0 Å². The first-order valence-corrected chi connectivity index (χ1v) is 6.82. The van der Waals surface area contributed by atoms with Crippen molar-refractivity contribution in [3.63, 3.8) is 0 Å². The Hall–Kier alpha value is -1.70. The van der Waals surface area contributed by atoms with Crippen molar-refractivity contribution >= 4 is 5.69 Å². The third kappa shape index (κ3) is 3.44. The lowest BCUT2D eigenvalue weighted by atomic mass is 10.1. The smallest absolute Gasteiger partial charge is 0.371 e. The minimum atomic E-state index is -4.49. The van der Waals surface area contributed by atoms with Crippen LogP contribution in [0.5, 0.6) is 0 Å². The Balaban J connectivity index is 2.32. The Morgan fingerprint density at radius 3 is 2.55 bits per heavy atom. The second-order valence-electron chi connectivity index (χ2n) is 5.23. The lowest BCUT2D eigenvalue weighted by molar-refractivity contribution is -0.137. The highest BCUT2D eigenvalue weighted by Crippen LogP contribution is 2.36. The molecule has 0 atom stereocenters. The van der Waals surface area contributed by atoms with Crippen LogP contribution < -0.4 is 4.90 Å². The van der Waals surface area contributed by atoms with Crippen LogP contribution in [0.25, 0.3) is 0 Å². The van der Waals surface area contributed by atoms with Gasteiger partial charge in [-0.15, -0.1) is 0 Å². The van der Waals surface area contributed by atoms with Crippen LogP contribution in [0.2, 0.25) is 0 Å². The van der Waals surface area contributed by atoms with Gasteiger partial charge >= 0.3 is 6.18 Å². The fourth-order valence-corrected chi connectivity index (χ4v) is 2.27. The average molecular weight is 282 g/mol. The number of nitrogens with zero attached hydrogens (tertiary/aromatic N) is 2. The largest absolute Gasteiger partial charge is 0.417 e. The second-order valence-corrected chi connectivity index (χ2v) is 5.23. The van der Waals surface area contributed by atoms with Gasteiger partial charge in [0.15, 0.2) is 0 Å². The van der Waals surface area contributed by atoms with Gasteiger partial charge in [-0.2, -0.15) is 18.4 Å². The molecule has 1 saturated carbocycles. The molecule has 0 spiro atoms. The second kappa shape index (κ2) is 5.74. The van der Waals surface area contributed by atoms with Crippen LogP contribution in [-0.2, 0) is 6.18 Å². The molecule has 1 fully saturated rings. The van der Waals surface area contributed by atoms with E-state index in [1.165, 1.54) is 6.07 Å². The summed E-state index contributed by atoms with van der Waals surface area (Å²) in [7, 11) is 0. The summed E-state index contributed by atoms with van der Waals surface area (Å²) in [6.07, 6.45) is -1.29. The molecular formula is C15H17F3N2. The molecule has 0 bridgehead atoms. The van der Waals surface area contributed by atoms with Crippen LogP contribution in [0.15, 0.2) is 18.2 Å². The molecule has 5 heteroatoms. The lowest BCUT2D eigenvalue weighted by Crippen LogP contribution is -2.27. The third-order valence-corrected chi connectivity index (χ3v) is 3.46. The van der Waals surface area contributed by atoms with E-state index in [9.17, 15) is 13.2 Å². The van der Waals surface area contributed by atoms with Gasteiger partial charge in [0.05, 0.1) is 17.2 Å². The molecule has 1 aromatic carbocycles. The van der Waals surface area contributed by atoms with Crippen molar-refractivity contribution < 1.29 is 13.2 Å². The molecule has 2 nitrogen and oxygen atoms in total. The summed E-state index contributed by atoms with van der Waals surface area (Å²) in [5.41, 5.74) is -0.594. The van der Waals surface area contributed by atoms with Crippen molar-refractivity contribution in [3.8, 4) is 6.07 Å². The summed E-state index contributed by atoms with van der Waals surface area (Å²) in [4.78, 5) is 1.99. The molecule has 1 aliphatic carbocycles. The van der Waals surface area contributed by atoms with Gasteiger partial charge in [-0.1, -0.05) is 6.92 Å². The van der Waals surface area contributed by atoms with E-state index in [1.807, 2.05) is 11.8 Å². The fourth-order valence-electron chi connectivity index (χ4n) is 2.27. The summed E-state index contributed by atoms with van der Waals surface area (Å²) in [6.45, 7) is 3.55. The Morgan fingerprint density at radius 2 is 2.05 bits per heavy atom. The molecule has 0 saturated heterocycles. The summed E-state index contributed by atoms with van der Waals surface area (Å²) in [6, 6.07) is 5.61. The molecule has 0 radical (unpaired) electrons. The number of halogens is 3. The van der Waals surface area contributed by atoms with Crippen molar-refractivity contribution in [1.29, 1.82) is 5.26 Å². The molecule has 2 rings (SSSR count).